The van der Waals surface area contributed by atoms with Crippen LogP contribution < -0.4 is 15.9 Å². The summed E-state index contributed by atoms with van der Waals surface area (Å²) in [6, 6.07) is 4.87. The van der Waals surface area contributed by atoms with Gasteiger partial charge in [0.05, 0.1) is 17.3 Å². The van der Waals surface area contributed by atoms with Crippen molar-refractivity contribution in [2.75, 3.05) is 24.4 Å². The number of fused-ring (bicyclic) bond motifs is 1. The van der Waals surface area contributed by atoms with Gasteiger partial charge in [-0.3, -0.25) is 4.57 Å². The lowest BCUT2D eigenvalue weighted by Gasteiger charge is -2.19. The highest BCUT2D eigenvalue weighted by Gasteiger charge is 2.45. The monoisotopic (exact) mass is 497 g/mol. The number of ether oxygens (including phenoxy) is 2. The fourth-order valence-electron chi connectivity index (χ4n) is 3.29. The number of hydrazone groups is 1. The quantitative estimate of drug-likeness (QED) is 0.235. The van der Waals surface area contributed by atoms with Crippen LogP contribution in [0.3, 0.4) is 0 Å². The van der Waals surface area contributed by atoms with Crippen LogP contribution in [-0.4, -0.2) is 72.1 Å². The molecule has 0 saturated carbocycles. The molecule has 2 aromatic heterocycles. The first-order valence-corrected chi connectivity index (χ1v) is 10.5. The maximum absolute atomic E-state index is 10.5. The van der Waals surface area contributed by atoms with Crippen LogP contribution in [0, 0.1) is 0 Å². The zero-order valence-electron chi connectivity index (χ0n) is 17.3. The van der Waals surface area contributed by atoms with E-state index in [0.717, 1.165) is 0 Å². The van der Waals surface area contributed by atoms with Gasteiger partial charge in [0, 0.05) is 5.02 Å². The average molecular weight is 498 g/mol. The molecule has 33 heavy (non-hydrogen) atoms. The summed E-state index contributed by atoms with van der Waals surface area (Å²) in [5, 5.41) is 35.2. The molecule has 176 valence electrons. The first kappa shape index (κ1) is 23.4. The lowest BCUT2D eigenvalue weighted by atomic mass is 10.1. The fourth-order valence-corrected chi connectivity index (χ4v) is 3.75. The minimum absolute atomic E-state index is 0.102. The number of anilines is 2. The van der Waals surface area contributed by atoms with E-state index >= 15 is 0 Å². The van der Waals surface area contributed by atoms with Gasteiger partial charge in [-0.25, -0.2) is 20.4 Å². The second kappa shape index (κ2) is 9.63. The number of nitrogens with one attached hydrogen (secondary N) is 1. The van der Waals surface area contributed by atoms with E-state index in [0.29, 0.717) is 21.5 Å². The number of rotatable bonds is 7. The van der Waals surface area contributed by atoms with Gasteiger partial charge in [-0.15, -0.1) is 0 Å². The highest BCUT2D eigenvalue weighted by Crippen LogP contribution is 2.35. The van der Waals surface area contributed by atoms with E-state index in [1.807, 2.05) is 0 Å². The predicted molar refractivity (Wildman–Crippen MR) is 121 cm³/mol. The van der Waals surface area contributed by atoms with E-state index in [1.54, 1.807) is 25.1 Å². The molecule has 1 aliphatic heterocycles. The molecule has 0 bridgehead atoms. The van der Waals surface area contributed by atoms with Gasteiger partial charge in [-0.2, -0.15) is 5.10 Å². The molecule has 1 fully saturated rings. The Bertz CT molecular complexity index is 1190. The van der Waals surface area contributed by atoms with Crippen molar-refractivity contribution >= 4 is 51.8 Å². The summed E-state index contributed by atoms with van der Waals surface area (Å²) in [4.78, 5) is 12.5. The minimum Gasteiger partial charge on any atom is -0.486 e. The number of hydrogen-bond donors (Lipinski definition) is 5. The molecule has 0 aliphatic carbocycles. The van der Waals surface area contributed by atoms with Gasteiger partial charge in [0.1, 0.15) is 37.0 Å². The molecule has 14 heteroatoms. The van der Waals surface area contributed by atoms with Crippen molar-refractivity contribution in [2.45, 2.75) is 31.5 Å². The van der Waals surface area contributed by atoms with Crippen LogP contribution in [0.15, 0.2) is 29.6 Å². The summed E-state index contributed by atoms with van der Waals surface area (Å²) in [6.45, 7) is 1.33. The second-order valence-corrected chi connectivity index (χ2v) is 8.13. The van der Waals surface area contributed by atoms with Crippen molar-refractivity contribution in [2.24, 2.45) is 5.10 Å². The van der Waals surface area contributed by atoms with E-state index in [4.69, 9.17) is 38.4 Å². The molecule has 0 unspecified atom stereocenters. The number of benzene rings is 1. The number of nitrogens with two attached hydrogens (primary N) is 1. The lowest BCUT2D eigenvalue weighted by molar-refractivity contribution is -0.0501. The average Bonchev–Trinajstić information content (AvgIpc) is 3.29. The van der Waals surface area contributed by atoms with Crippen molar-refractivity contribution in [1.82, 2.24) is 19.5 Å². The molecule has 3 heterocycles. The third-order valence-corrected chi connectivity index (χ3v) is 5.48. The number of hydrogen-bond acceptors (Lipinski definition) is 11. The van der Waals surface area contributed by atoms with Crippen molar-refractivity contribution < 1.29 is 24.8 Å². The number of halogens is 2. The van der Waals surface area contributed by atoms with Crippen LogP contribution in [0.25, 0.3) is 11.2 Å². The Morgan fingerprint density at radius 1 is 1.30 bits per heavy atom. The molecular weight excluding hydrogens is 477 g/mol. The van der Waals surface area contributed by atoms with Crippen LogP contribution in [-0.2, 0) is 4.74 Å². The standard InChI is InChI=1S/C19H21Cl2N7O5/c1-8(6-32-11-3-2-9(20)4-10(11)21)26-27-19-25-13-16(22)23-7-24-17(13)28(19)18-15(31)14(30)12(5-29)33-18/h2-4,7,12,14-15,18,29-31H,5-6H2,1H3,(H,25,27)(H2,22,23,24)/b26-8-/t12-,14-,15-,18-/m1/s1. The summed E-state index contributed by atoms with van der Waals surface area (Å²) < 4.78 is 12.7. The van der Waals surface area contributed by atoms with Crippen LogP contribution >= 0.6 is 23.2 Å². The van der Waals surface area contributed by atoms with Crippen molar-refractivity contribution in [1.29, 1.82) is 0 Å². The van der Waals surface area contributed by atoms with E-state index in [9.17, 15) is 15.3 Å². The molecule has 1 saturated heterocycles. The van der Waals surface area contributed by atoms with E-state index < -0.39 is 31.1 Å². The van der Waals surface area contributed by atoms with E-state index in [1.165, 1.54) is 10.9 Å². The first-order chi connectivity index (χ1) is 15.8. The Morgan fingerprint density at radius 3 is 2.79 bits per heavy atom. The Morgan fingerprint density at radius 2 is 2.09 bits per heavy atom. The van der Waals surface area contributed by atoms with Gasteiger partial charge in [-0.1, -0.05) is 23.2 Å². The van der Waals surface area contributed by atoms with Crippen LogP contribution in [0.2, 0.25) is 10.0 Å². The molecule has 0 amide bonds. The SMILES string of the molecule is C/C(COc1ccc(Cl)cc1Cl)=N/Nc1nc2c(N)ncnc2n1[C@@H]1O[C@H](CO)[C@@H](O)[C@H]1O. The number of imidazole rings is 1. The topological polar surface area (TPSA) is 173 Å². The molecule has 0 spiro atoms. The van der Waals surface area contributed by atoms with Gasteiger partial charge < -0.3 is 30.5 Å². The predicted octanol–water partition coefficient (Wildman–Crippen LogP) is 1.19. The van der Waals surface area contributed by atoms with Crippen LogP contribution in [0.4, 0.5) is 11.8 Å². The summed E-state index contributed by atoms with van der Waals surface area (Å²) in [5.41, 5.74) is 9.72. The molecule has 0 radical (unpaired) electrons. The van der Waals surface area contributed by atoms with Gasteiger partial charge in [0.25, 0.3) is 0 Å². The highest BCUT2D eigenvalue weighted by molar-refractivity contribution is 6.35. The van der Waals surface area contributed by atoms with Gasteiger partial charge in [0.15, 0.2) is 23.2 Å². The lowest BCUT2D eigenvalue weighted by Crippen LogP contribution is -2.33. The smallest absolute Gasteiger partial charge is 0.228 e. The molecule has 1 aliphatic rings. The summed E-state index contributed by atoms with van der Waals surface area (Å²) >= 11 is 12.0. The molecule has 6 N–H and O–H groups in total. The molecule has 12 nitrogen and oxygen atoms in total. The first-order valence-electron chi connectivity index (χ1n) is 9.78. The zero-order chi connectivity index (χ0) is 23.7. The summed E-state index contributed by atoms with van der Waals surface area (Å²) in [7, 11) is 0. The third kappa shape index (κ3) is 4.67. The maximum Gasteiger partial charge on any atom is 0.228 e. The normalized spacial score (nSPS) is 23.3. The highest BCUT2D eigenvalue weighted by atomic mass is 35.5. The Balaban J connectivity index is 1.59. The summed E-state index contributed by atoms with van der Waals surface area (Å²) in [6.07, 6.45) is -3.54. The zero-order valence-corrected chi connectivity index (χ0v) is 18.8. The van der Waals surface area contributed by atoms with Crippen molar-refractivity contribution in [3.05, 3.63) is 34.6 Å². The minimum atomic E-state index is -1.36. The largest absolute Gasteiger partial charge is 0.486 e. The van der Waals surface area contributed by atoms with Crippen molar-refractivity contribution in [3.8, 4) is 5.75 Å². The Kier molecular flexibility index (Phi) is 6.83. The molecule has 1 aromatic carbocycles. The van der Waals surface area contributed by atoms with Crippen molar-refractivity contribution in [3.63, 3.8) is 0 Å². The summed E-state index contributed by atoms with van der Waals surface area (Å²) in [5.74, 6) is 0.670. The second-order valence-electron chi connectivity index (χ2n) is 7.29. The molecule has 4 atom stereocenters. The fraction of sp³-hybridized carbons (Fsp3) is 0.368. The Labute approximate surface area is 197 Å². The number of aliphatic hydroxyl groups excluding tert-OH is 3. The van der Waals surface area contributed by atoms with Gasteiger partial charge in [-0.05, 0) is 25.1 Å². The maximum atomic E-state index is 10.5. The van der Waals surface area contributed by atoms with E-state index in [2.05, 4.69) is 25.5 Å². The van der Waals surface area contributed by atoms with Crippen LogP contribution in [0.1, 0.15) is 13.2 Å². The Hall–Kier alpha value is -2.74. The van der Waals surface area contributed by atoms with Crippen LogP contribution in [0.5, 0.6) is 5.75 Å². The number of aliphatic hydroxyl groups is 3. The number of aromatic nitrogens is 4. The number of nitrogens with zero attached hydrogens (tertiary/aromatic N) is 5. The molecule has 3 aromatic rings. The third-order valence-electron chi connectivity index (χ3n) is 4.95. The van der Waals surface area contributed by atoms with Gasteiger partial charge >= 0.3 is 0 Å². The number of nitrogen functional groups attached to an aromatic ring is 1. The van der Waals surface area contributed by atoms with Gasteiger partial charge in [0.2, 0.25) is 5.95 Å². The molecular formula is C19H21Cl2N7O5. The van der Waals surface area contributed by atoms with E-state index in [-0.39, 0.29) is 29.5 Å². The molecule has 4 rings (SSSR count).